The Hall–Kier alpha value is -1.93. The predicted octanol–water partition coefficient (Wildman–Crippen LogP) is 4.06. The molecule has 2 heterocycles. The van der Waals surface area contributed by atoms with Crippen LogP contribution in [0.1, 0.15) is 43.8 Å². The monoisotopic (exact) mass is 388 g/mol. The molecule has 0 bridgehead atoms. The van der Waals surface area contributed by atoms with E-state index in [2.05, 4.69) is 20.4 Å². The summed E-state index contributed by atoms with van der Waals surface area (Å²) in [7, 11) is 0. The van der Waals surface area contributed by atoms with Crippen LogP contribution in [0.25, 0.3) is 10.2 Å². The summed E-state index contributed by atoms with van der Waals surface area (Å²) < 4.78 is 7.21. The zero-order valence-corrected chi connectivity index (χ0v) is 16.2. The summed E-state index contributed by atoms with van der Waals surface area (Å²) >= 11 is 3.09. The number of aromatic nitrogens is 3. The zero-order chi connectivity index (χ0) is 18.0. The van der Waals surface area contributed by atoms with Gasteiger partial charge in [-0.3, -0.25) is 4.79 Å². The fourth-order valence-corrected chi connectivity index (χ4v) is 5.26. The van der Waals surface area contributed by atoms with E-state index in [4.69, 9.17) is 4.52 Å². The standard InChI is InChI=1S/C18H20N4O2S2/c1-12-19-16(22-24-12)18(9-5-2-6-10-18)21-15(23)11-25-17-20-13-7-3-4-8-14(13)26-17/h3-4,7-8H,2,5-6,9-11H2,1H3,(H,21,23). The molecule has 1 fully saturated rings. The van der Waals surface area contributed by atoms with Crippen molar-refractivity contribution in [2.45, 2.75) is 48.9 Å². The summed E-state index contributed by atoms with van der Waals surface area (Å²) in [6, 6.07) is 8.02. The minimum Gasteiger partial charge on any atom is -0.342 e. The van der Waals surface area contributed by atoms with E-state index in [1.165, 1.54) is 18.2 Å². The van der Waals surface area contributed by atoms with Gasteiger partial charge in [0.05, 0.1) is 16.0 Å². The Kier molecular flexibility index (Phi) is 4.95. The lowest BCUT2D eigenvalue weighted by Gasteiger charge is -2.35. The third-order valence-corrected chi connectivity index (χ3v) is 6.82. The smallest absolute Gasteiger partial charge is 0.231 e. The van der Waals surface area contributed by atoms with Crippen LogP contribution in [0.3, 0.4) is 0 Å². The van der Waals surface area contributed by atoms with E-state index in [-0.39, 0.29) is 5.91 Å². The van der Waals surface area contributed by atoms with Crippen LogP contribution in [-0.4, -0.2) is 26.8 Å². The summed E-state index contributed by atoms with van der Waals surface area (Å²) in [5.41, 5.74) is 0.479. The molecule has 1 amide bonds. The summed E-state index contributed by atoms with van der Waals surface area (Å²) in [6.45, 7) is 1.78. The van der Waals surface area contributed by atoms with Crippen molar-refractivity contribution in [3.8, 4) is 0 Å². The lowest BCUT2D eigenvalue weighted by atomic mass is 9.81. The number of fused-ring (bicyclic) bond motifs is 1. The van der Waals surface area contributed by atoms with E-state index in [1.807, 2.05) is 24.3 Å². The number of amides is 1. The molecule has 2 aromatic heterocycles. The second kappa shape index (κ2) is 7.36. The molecule has 1 aromatic carbocycles. The molecule has 1 saturated carbocycles. The molecule has 0 saturated heterocycles. The number of hydrogen-bond donors (Lipinski definition) is 1. The highest BCUT2D eigenvalue weighted by Crippen LogP contribution is 2.36. The van der Waals surface area contributed by atoms with Crippen LogP contribution in [0.2, 0.25) is 0 Å². The van der Waals surface area contributed by atoms with Gasteiger partial charge in [-0.2, -0.15) is 4.98 Å². The van der Waals surface area contributed by atoms with E-state index >= 15 is 0 Å². The Morgan fingerprint density at radius 3 is 2.81 bits per heavy atom. The highest BCUT2D eigenvalue weighted by molar-refractivity contribution is 8.01. The van der Waals surface area contributed by atoms with Gasteiger partial charge in [-0.1, -0.05) is 48.3 Å². The van der Waals surface area contributed by atoms with Crippen molar-refractivity contribution < 1.29 is 9.32 Å². The maximum atomic E-state index is 12.6. The van der Waals surface area contributed by atoms with Crippen LogP contribution in [0.4, 0.5) is 0 Å². The van der Waals surface area contributed by atoms with Crippen LogP contribution in [-0.2, 0) is 10.3 Å². The number of carbonyl (C=O) groups excluding carboxylic acids is 1. The van der Waals surface area contributed by atoms with Crippen molar-refractivity contribution >= 4 is 39.2 Å². The van der Waals surface area contributed by atoms with E-state index in [9.17, 15) is 4.79 Å². The SMILES string of the molecule is Cc1nc(C2(NC(=O)CSc3nc4ccccc4s3)CCCCC2)no1. The van der Waals surface area contributed by atoms with E-state index in [1.54, 1.807) is 18.3 Å². The van der Waals surface area contributed by atoms with Gasteiger partial charge in [0.15, 0.2) is 10.2 Å². The average molecular weight is 389 g/mol. The van der Waals surface area contributed by atoms with Crippen molar-refractivity contribution in [2.24, 2.45) is 0 Å². The number of benzene rings is 1. The first kappa shape index (κ1) is 17.5. The topological polar surface area (TPSA) is 80.9 Å². The third-order valence-electron chi connectivity index (χ3n) is 4.64. The summed E-state index contributed by atoms with van der Waals surface area (Å²) in [5.74, 6) is 1.45. The number of rotatable bonds is 5. The number of para-hydroxylation sites is 1. The molecule has 0 aliphatic heterocycles. The molecule has 0 radical (unpaired) electrons. The maximum Gasteiger partial charge on any atom is 0.231 e. The first-order chi connectivity index (χ1) is 12.6. The van der Waals surface area contributed by atoms with Crippen molar-refractivity contribution in [2.75, 3.05) is 5.75 Å². The van der Waals surface area contributed by atoms with Crippen LogP contribution >= 0.6 is 23.1 Å². The van der Waals surface area contributed by atoms with Gasteiger partial charge in [-0.05, 0) is 25.0 Å². The Labute approximate surface area is 159 Å². The first-order valence-corrected chi connectivity index (χ1v) is 10.6. The maximum absolute atomic E-state index is 12.6. The molecular formula is C18H20N4O2S2. The fraction of sp³-hybridized carbons (Fsp3) is 0.444. The highest BCUT2D eigenvalue weighted by Gasteiger charge is 2.39. The zero-order valence-electron chi connectivity index (χ0n) is 14.5. The average Bonchev–Trinajstić information content (AvgIpc) is 3.27. The van der Waals surface area contributed by atoms with Gasteiger partial charge in [0.1, 0.15) is 5.54 Å². The number of nitrogens with zero attached hydrogens (tertiary/aromatic N) is 3. The molecule has 6 nitrogen and oxygen atoms in total. The molecule has 3 aromatic rings. The van der Waals surface area contributed by atoms with Gasteiger partial charge in [-0.25, -0.2) is 4.98 Å². The van der Waals surface area contributed by atoms with Crippen molar-refractivity contribution in [3.05, 3.63) is 36.0 Å². The Morgan fingerprint density at radius 1 is 1.27 bits per heavy atom. The lowest BCUT2D eigenvalue weighted by Crippen LogP contribution is -2.48. The van der Waals surface area contributed by atoms with Crippen molar-refractivity contribution in [1.29, 1.82) is 0 Å². The van der Waals surface area contributed by atoms with Crippen LogP contribution in [0.5, 0.6) is 0 Å². The molecule has 1 N–H and O–H groups in total. The Morgan fingerprint density at radius 2 is 2.08 bits per heavy atom. The first-order valence-electron chi connectivity index (χ1n) is 8.75. The van der Waals surface area contributed by atoms with Gasteiger partial charge < -0.3 is 9.84 Å². The minimum absolute atomic E-state index is 0.0152. The molecule has 8 heteroatoms. The van der Waals surface area contributed by atoms with Gasteiger partial charge in [0.25, 0.3) is 0 Å². The molecule has 0 atom stereocenters. The normalized spacial score (nSPS) is 16.7. The van der Waals surface area contributed by atoms with E-state index < -0.39 is 5.54 Å². The molecular weight excluding hydrogens is 368 g/mol. The predicted molar refractivity (Wildman–Crippen MR) is 102 cm³/mol. The molecule has 26 heavy (non-hydrogen) atoms. The molecule has 0 unspecified atom stereocenters. The molecule has 0 spiro atoms. The second-order valence-electron chi connectivity index (χ2n) is 6.56. The molecule has 136 valence electrons. The number of carbonyl (C=O) groups is 1. The van der Waals surface area contributed by atoms with Crippen LogP contribution in [0, 0.1) is 6.92 Å². The molecule has 4 rings (SSSR count). The van der Waals surface area contributed by atoms with Gasteiger partial charge in [0, 0.05) is 6.92 Å². The van der Waals surface area contributed by atoms with Gasteiger partial charge >= 0.3 is 0 Å². The molecule has 1 aliphatic carbocycles. The number of hydrogen-bond acceptors (Lipinski definition) is 7. The van der Waals surface area contributed by atoms with Crippen LogP contribution in [0.15, 0.2) is 33.1 Å². The minimum atomic E-state index is -0.499. The third kappa shape index (κ3) is 3.61. The highest BCUT2D eigenvalue weighted by atomic mass is 32.2. The van der Waals surface area contributed by atoms with Crippen molar-refractivity contribution in [3.63, 3.8) is 0 Å². The second-order valence-corrected chi connectivity index (χ2v) is 8.82. The molecule has 1 aliphatic rings. The van der Waals surface area contributed by atoms with Gasteiger partial charge in [0.2, 0.25) is 11.8 Å². The quantitative estimate of drug-likeness (QED) is 0.664. The van der Waals surface area contributed by atoms with E-state index in [0.717, 1.165) is 40.2 Å². The van der Waals surface area contributed by atoms with Crippen LogP contribution < -0.4 is 5.32 Å². The lowest BCUT2D eigenvalue weighted by molar-refractivity contribution is -0.121. The number of aryl methyl sites for hydroxylation is 1. The number of thioether (sulfide) groups is 1. The summed E-state index contributed by atoms with van der Waals surface area (Å²) in [4.78, 5) is 21.6. The Balaban J connectivity index is 1.44. The summed E-state index contributed by atoms with van der Waals surface area (Å²) in [5, 5.41) is 7.29. The number of thiazole rings is 1. The largest absolute Gasteiger partial charge is 0.342 e. The van der Waals surface area contributed by atoms with Crippen molar-refractivity contribution in [1.82, 2.24) is 20.4 Å². The fourth-order valence-electron chi connectivity index (χ4n) is 3.40. The Bertz CT molecular complexity index is 882. The summed E-state index contributed by atoms with van der Waals surface area (Å²) in [6.07, 6.45) is 4.99. The number of nitrogens with one attached hydrogen (secondary N) is 1. The van der Waals surface area contributed by atoms with Gasteiger partial charge in [-0.15, -0.1) is 11.3 Å². The van der Waals surface area contributed by atoms with E-state index in [0.29, 0.717) is 17.5 Å².